The first-order valence-corrected chi connectivity index (χ1v) is 11.1. The van der Waals surface area contributed by atoms with Crippen molar-refractivity contribution in [3.8, 4) is 5.75 Å². The molecule has 0 radical (unpaired) electrons. The summed E-state index contributed by atoms with van der Waals surface area (Å²) in [5.74, 6) is 2.57. The van der Waals surface area contributed by atoms with E-state index in [4.69, 9.17) is 13.1 Å². The van der Waals surface area contributed by atoms with Crippen LogP contribution in [0.4, 0.5) is 0 Å². The lowest BCUT2D eigenvalue weighted by molar-refractivity contribution is -0.00567. The van der Waals surface area contributed by atoms with Gasteiger partial charge >= 0.3 is 10.4 Å². The lowest BCUT2D eigenvalue weighted by Gasteiger charge is -2.50. The third-order valence-electron chi connectivity index (χ3n) is 7.38. The van der Waals surface area contributed by atoms with Crippen LogP contribution in [0, 0.1) is 17.3 Å². The van der Waals surface area contributed by atoms with Gasteiger partial charge in [-0.25, -0.2) is 8.37 Å². The zero-order valence-electron chi connectivity index (χ0n) is 15.3. The molecular weight excluding hydrogens is 352 g/mol. The number of fused-ring (bicyclic) bond motifs is 7. The molecule has 3 fully saturated rings. The first kappa shape index (κ1) is 17.0. The second kappa shape index (κ2) is 5.69. The molecule has 1 heterocycles. The number of ether oxygens (including phenoxy) is 1. The highest BCUT2D eigenvalue weighted by molar-refractivity contribution is 7.82. The Morgan fingerprint density at radius 2 is 2.12 bits per heavy atom. The van der Waals surface area contributed by atoms with Crippen molar-refractivity contribution in [3.05, 3.63) is 29.3 Å². The van der Waals surface area contributed by atoms with Gasteiger partial charge in [0.15, 0.2) is 0 Å². The summed E-state index contributed by atoms with van der Waals surface area (Å²) in [7, 11) is -3.80. The minimum Gasteiger partial charge on any atom is -0.494 e. The summed E-state index contributed by atoms with van der Waals surface area (Å²) in [6.45, 7) is 4.92. The van der Waals surface area contributed by atoms with E-state index in [1.165, 1.54) is 11.1 Å². The van der Waals surface area contributed by atoms with Crippen molar-refractivity contribution in [2.45, 2.75) is 64.1 Å². The van der Waals surface area contributed by atoms with Crippen LogP contribution in [0.1, 0.15) is 56.6 Å². The fourth-order valence-corrected chi connectivity index (χ4v) is 7.45. The second-order valence-corrected chi connectivity index (χ2v) is 9.75. The Balaban J connectivity index is 1.45. The van der Waals surface area contributed by atoms with Gasteiger partial charge in [-0.1, -0.05) is 13.0 Å². The zero-order valence-corrected chi connectivity index (χ0v) is 16.1. The van der Waals surface area contributed by atoms with Crippen LogP contribution in [0.2, 0.25) is 0 Å². The van der Waals surface area contributed by atoms with E-state index in [0.717, 1.165) is 37.9 Å². The number of hydrogen-bond acceptors (Lipinski definition) is 5. The van der Waals surface area contributed by atoms with Crippen molar-refractivity contribution in [1.29, 1.82) is 0 Å². The predicted molar refractivity (Wildman–Crippen MR) is 96.3 cm³/mol. The largest absolute Gasteiger partial charge is 0.494 e. The third-order valence-corrected chi connectivity index (χ3v) is 8.31. The first-order chi connectivity index (χ1) is 12.4. The average molecular weight is 378 g/mol. The Morgan fingerprint density at radius 3 is 2.92 bits per heavy atom. The van der Waals surface area contributed by atoms with Crippen molar-refractivity contribution in [3.63, 3.8) is 0 Å². The molecule has 1 aliphatic heterocycles. The fourth-order valence-electron chi connectivity index (χ4n) is 6.32. The van der Waals surface area contributed by atoms with Crippen LogP contribution in [0.15, 0.2) is 18.2 Å². The summed E-state index contributed by atoms with van der Waals surface area (Å²) in [5.41, 5.74) is 2.80. The number of rotatable bonds is 2. The van der Waals surface area contributed by atoms with E-state index in [1.54, 1.807) is 0 Å². The molecule has 5 rings (SSSR count). The van der Waals surface area contributed by atoms with Crippen LogP contribution < -0.4 is 4.74 Å². The topological polar surface area (TPSA) is 61.8 Å². The Kier molecular flexibility index (Phi) is 3.73. The Labute approximate surface area is 155 Å². The van der Waals surface area contributed by atoms with Crippen LogP contribution >= 0.6 is 0 Å². The zero-order chi connectivity index (χ0) is 18.1. The van der Waals surface area contributed by atoms with Gasteiger partial charge in [0, 0.05) is 5.41 Å². The van der Waals surface area contributed by atoms with Crippen LogP contribution in [-0.4, -0.2) is 27.2 Å². The summed E-state index contributed by atoms with van der Waals surface area (Å²) in [6.07, 6.45) is 4.50. The third kappa shape index (κ3) is 2.38. The quantitative estimate of drug-likeness (QED) is 0.787. The van der Waals surface area contributed by atoms with Crippen molar-refractivity contribution < 1.29 is 21.5 Å². The van der Waals surface area contributed by atoms with Crippen molar-refractivity contribution in [2.24, 2.45) is 17.3 Å². The molecule has 26 heavy (non-hydrogen) atoms. The lowest BCUT2D eigenvalue weighted by Crippen LogP contribution is -2.44. The summed E-state index contributed by atoms with van der Waals surface area (Å²) in [6, 6.07) is 6.57. The first-order valence-electron chi connectivity index (χ1n) is 9.78. The average Bonchev–Trinajstić information content (AvgIpc) is 3.05. The summed E-state index contributed by atoms with van der Waals surface area (Å²) in [5, 5.41) is 0. The van der Waals surface area contributed by atoms with E-state index in [0.29, 0.717) is 24.4 Å². The molecule has 1 aromatic rings. The van der Waals surface area contributed by atoms with Gasteiger partial charge in [0.25, 0.3) is 0 Å². The van der Waals surface area contributed by atoms with E-state index < -0.39 is 10.4 Å². The highest BCUT2D eigenvalue weighted by Gasteiger charge is 2.63. The molecule has 142 valence electrons. The van der Waals surface area contributed by atoms with Crippen LogP contribution in [-0.2, 0) is 25.2 Å². The molecule has 5 nitrogen and oxygen atoms in total. The van der Waals surface area contributed by atoms with Gasteiger partial charge in [0.2, 0.25) is 0 Å². The maximum absolute atomic E-state index is 11.7. The van der Waals surface area contributed by atoms with Gasteiger partial charge in [0.1, 0.15) is 18.0 Å². The molecule has 0 bridgehead atoms. The van der Waals surface area contributed by atoms with Gasteiger partial charge in [-0.05, 0) is 80.0 Å². The Hall–Kier alpha value is -1.11. The summed E-state index contributed by atoms with van der Waals surface area (Å²) >= 11 is 0. The number of benzene rings is 1. The van der Waals surface area contributed by atoms with Crippen LogP contribution in [0.5, 0.6) is 5.75 Å². The van der Waals surface area contributed by atoms with Crippen molar-refractivity contribution >= 4 is 10.4 Å². The molecule has 4 aliphatic rings. The molecule has 3 aliphatic carbocycles. The van der Waals surface area contributed by atoms with E-state index in [2.05, 4.69) is 25.1 Å². The lowest BCUT2D eigenvalue weighted by atomic mass is 9.55. The molecule has 1 saturated heterocycles. The smallest absolute Gasteiger partial charge is 0.400 e. The molecule has 1 aromatic carbocycles. The SMILES string of the molecule is CCOc1ccc2c(c1)CCC1C2CCC2(C)C1CC1OS(=O)(=O)OC12. The highest BCUT2D eigenvalue weighted by Crippen LogP contribution is 2.63. The molecular formula is C20H26O5S. The summed E-state index contributed by atoms with van der Waals surface area (Å²) < 4.78 is 39.8. The normalized spacial score (nSPS) is 42.5. The van der Waals surface area contributed by atoms with Crippen LogP contribution in [0.25, 0.3) is 0 Å². The molecule has 0 N–H and O–H groups in total. The molecule has 6 heteroatoms. The Morgan fingerprint density at radius 1 is 1.27 bits per heavy atom. The van der Waals surface area contributed by atoms with Gasteiger partial charge in [-0.2, -0.15) is 8.42 Å². The molecule has 6 unspecified atom stereocenters. The van der Waals surface area contributed by atoms with Crippen molar-refractivity contribution in [1.82, 2.24) is 0 Å². The number of aryl methyl sites for hydroxylation is 1. The van der Waals surface area contributed by atoms with E-state index >= 15 is 0 Å². The van der Waals surface area contributed by atoms with Gasteiger partial charge in [0.05, 0.1) is 6.61 Å². The Bertz CT molecular complexity index is 835. The molecule has 0 aromatic heterocycles. The number of hydrogen-bond donors (Lipinski definition) is 0. The van der Waals surface area contributed by atoms with Gasteiger partial charge in [-0.15, -0.1) is 0 Å². The minimum absolute atomic E-state index is 0.0990. The molecule has 0 amide bonds. The fraction of sp³-hybridized carbons (Fsp3) is 0.700. The van der Waals surface area contributed by atoms with Gasteiger partial charge in [-0.3, -0.25) is 0 Å². The van der Waals surface area contributed by atoms with E-state index in [1.807, 2.05) is 6.92 Å². The van der Waals surface area contributed by atoms with E-state index in [9.17, 15) is 8.42 Å². The monoisotopic (exact) mass is 378 g/mol. The molecule has 6 atom stereocenters. The van der Waals surface area contributed by atoms with Gasteiger partial charge < -0.3 is 4.74 Å². The maximum atomic E-state index is 11.7. The van der Waals surface area contributed by atoms with E-state index in [-0.39, 0.29) is 17.6 Å². The second-order valence-electron chi connectivity index (χ2n) is 8.55. The highest BCUT2D eigenvalue weighted by atomic mass is 32.3. The van der Waals surface area contributed by atoms with Crippen molar-refractivity contribution in [2.75, 3.05) is 6.61 Å². The summed E-state index contributed by atoms with van der Waals surface area (Å²) in [4.78, 5) is 0. The molecule has 0 spiro atoms. The molecule has 2 saturated carbocycles. The predicted octanol–water partition coefficient (Wildman–Crippen LogP) is 3.58. The van der Waals surface area contributed by atoms with Crippen LogP contribution in [0.3, 0.4) is 0 Å². The maximum Gasteiger partial charge on any atom is 0.400 e. The minimum atomic E-state index is -3.80. The standard InChI is InChI=1S/C20H26O5S/c1-3-23-13-5-7-14-12(10-13)4-6-16-15(14)8-9-20(2)17(16)11-18-19(20)25-26(21,22)24-18/h5,7,10,15-19H,3-4,6,8-9,11H2,1-2H3.